The minimum atomic E-state index is -3.70. The molecule has 2 rings (SSSR count). The van der Waals surface area contributed by atoms with Gasteiger partial charge in [-0.2, -0.15) is 0 Å². The number of rotatable bonds is 6. The molecular weight excluding hydrogens is 376 g/mol. The molecule has 2 aromatic rings. The molecule has 1 aromatic carbocycles. The predicted octanol–water partition coefficient (Wildman–Crippen LogP) is 2.83. The number of benzene rings is 1. The van der Waals surface area contributed by atoms with E-state index in [2.05, 4.69) is 25.6 Å². The number of thiazole rings is 1. The Hall–Kier alpha value is -0.800. The Balaban J connectivity index is 2.34. The van der Waals surface area contributed by atoms with Gasteiger partial charge in [0.2, 0.25) is 10.0 Å². The third kappa shape index (κ3) is 3.89. The summed E-state index contributed by atoms with van der Waals surface area (Å²) in [5, 5.41) is 11.7. The maximum Gasteiger partial charge on any atom is 0.242 e. The second-order valence-corrected chi connectivity index (χ2v) is 7.84. The van der Waals surface area contributed by atoms with Gasteiger partial charge in [-0.15, -0.1) is 11.3 Å². The molecule has 114 valence electrons. The average Bonchev–Trinajstić information content (AvgIpc) is 2.99. The Morgan fingerprint density at radius 3 is 2.81 bits per heavy atom. The monoisotopic (exact) mass is 390 g/mol. The quantitative estimate of drug-likeness (QED) is 0.794. The number of nitrogens with zero attached hydrogens (tertiary/aromatic N) is 1. The fourth-order valence-corrected chi connectivity index (χ4v) is 4.96. The highest BCUT2D eigenvalue weighted by Crippen LogP contribution is 2.26. The van der Waals surface area contributed by atoms with Crippen molar-refractivity contribution in [2.75, 3.05) is 0 Å². The van der Waals surface area contributed by atoms with E-state index in [0.29, 0.717) is 16.5 Å². The van der Waals surface area contributed by atoms with Crippen molar-refractivity contribution in [1.82, 2.24) is 9.71 Å². The van der Waals surface area contributed by atoms with Crippen LogP contribution in [0.5, 0.6) is 0 Å². The molecular formula is C13H15BrN2O3S2. The van der Waals surface area contributed by atoms with Crippen LogP contribution in [0.25, 0.3) is 0 Å². The number of nitrogens with one attached hydrogen (secondary N) is 1. The lowest BCUT2D eigenvalue weighted by Gasteiger charge is -2.16. The highest BCUT2D eigenvalue weighted by Gasteiger charge is 2.24. The van der Waals surface area contributed by atoms with Crippen LogP contribution in [0.1, 0.15) is 30.0 Å². The molecule has 0 spiro atoms. The van der Waals surface area contributed by atoms with Gasteiger partial charge >= 0.3 is 0 Å². The van der Waals surface area contributed by atoms with Crippen molar-refractivity contribution >= 4 is 37.3 Å². The van der Waals surface area contributed by atoms with Crippen molar-refractivity contribution in [3.63, 3.8) is 0 Å². The van der Waals surface area contributed by atoms with Gasteiger partial charge in [0.1, 0.15) is 5.01 Å². The van der Waals surface area contributed by atoms with Crippen LogP contribution in [0, 0.1) is 0 Å². The van der Waals surface area contributed by atoms with E-state index >= 15 is 0 Å². The van der Waals surface area contributed by atoms with E-state index in [9.17, 15) is 8.42 Å². The zero-order chi connectivity index (χ0) is 15.5. The molecule has 0 radical (unpaired) electrons. The predicted molar refractivity (Wildman–Crippen MR) is 85.5 cm³/mol. The van der Waals surface area contributed by atoms with Crippen LogP contribution in [0.15, 0.2) is 39.1 Å². The number of sulfonamides is 1. The molecule has 0 aliphatic carbocycles. The Bertz CT molecular complexity index is 702. The fourth-order valence-electron chi connectivity index (χ4n) is 1.82. The summed E-state index contributed by atoms with van der Waals surface area (Å²) in [5.41, 5.74) is 0.542. The molecule has 0 saturated heterocycles. The first-order valence-electron chi connectivity index (χ1n) is 6.29. The van der Waals surface area contributed by atoms with E-state index in [1.54, 1.807) is 18.3 Å². The molecule has 2 N–H and O–H groups in total. The normalized spacial score (nSPS) is 13.3. The van der Waals surface area contributed by atoms with Gasteiger partial charge < -0.3 is 5.11 Å². The second-order valence-electron chi connectivity index (χ2n) is 4.38. The van der Waals surface area contributed by atoms with Crippen molar-refractivity contribution in [3.05, 3.63) is 44.8 Å². The molecule has 0 aliphatic rings. The summed E-state index contributed by atoms with van der Waals surface area (Å²) in [6, 6.07) is 4.38. The zero-order valence-electron chi connectivity index (χ0n) is 11.3. The third-order valence-electron chi connectivity index (χ3n) is 2.92. The van der Waals surface area contributed by atoms with Crippen molar-refractivity contribution in [2.45, 2.75) is 30.9 Å². The summed E-state index contributed by atoms with van der Waals surface area (Å²) in [7, 11) is -3.70. The van der Waals surface area contributed by atoms with Crippen molar-refractivity contribution < 1.29 is 13.5 Å². The minimum absolute atomic E-state index is 0.115. The molecule has 21 heavy (non-hydrogen) atoms. The van der Waals surface area contributed by atoms with Crippen molar-refractivity contribution in [1.29, 1.82) is 0 Å². The van der Waals surface area contributed by atoms with E-state index in [1.807, 2.05) is 12.3 Å². The van der Waals surface area contributed by atoms with Gasteiger partial charge in [-0.25, -0.2) is 18.1 Å². The molecule has 5 nitrogen and oxygen atoms in total. The SMILES string of the molecule is CCC(NS(=O)(=O)c1cc(CO)ccc1Br)c1nccs1. The first-order chi connectivity index (χ1) is 9.97. The van der Waals surface area contributed by atoms with Gasteiger partial charge in [0.15, 0.2) is 0 Å². The molecule has 0 aliphatic heterocycles. The number of aromatic nitrogens is 1. The molecule has 0 bridgehead atoms. The molecule has 1 aromatic heterocycles. The molecule has 1 unspecified atom stereocenters. The lowest BCUT2D eigenvalue weighted by molar-refractivity contribution is 0.281. The Kier molecular flexibility index (Phi) is 5.50. The standard InChI is InChI=1S/C13H15BrN2O3S2/c1-2-11(13-15-5-6-20-13)16-21(18,19)12-7-9(8-17)3-4-10(12)14/h3-7,11,16-17H,2,8H2,1H3. The van der Waals surface area contributed by atoms with Gasteiger partial charge in [0.05, 0.1) is 17.5 Å². The second kappa shape index (κ2) is 6.97. The Morgan fingerprint density at radius 1 is 1.48 bits per heavy atom. The van der Waals surface area contributed by atoms with Gasteiger partial charge in [-0.3, -0.25) is 0 Å². The first kappa shape index (κ1) is 16.6. The molecule has 0 fully saturated rings. The van der Waals surface area contributed by atoms with E-state index in [0.717, 1.165) is 5.01 Å². The molecule has 1 atom stereocenters. The molecule has 0 saturated carbocycles. The lowest BCUT2D eigenvalue weighted by atomic mass is 10.2. The largest absolute Gasteiger partial charge is 0.392 e. The van der Waals surface area contributed by atoms with Crippen LogP contribution < -0.4 is 4.72 Å². The molecule has 0 amide bonds. The summed E-state index contributed by atoms with van der Waals surface area (Å²) in [5.74, 6) is 0. The van der Waals surface area contributed by atoms with Crippen LogP contribution in [0.4, 0.5) is 0 Å². The van der Waals surface area contributed by atoms with Crippen LogP contribution in [-0.2, 0) is 16.6 Å². The van der Waals surface area contributed by atoms with Crippen LogP contribution in [-0.4, -0.2) is 18.5 Å². The smallest absolute Gasteiger partial charge is 0.242 e. The maximum absolute atomic E-state index is 12.5. The van der Waals surface area contributed by atoms with Gasteiger partial charge in [0, 0.05) is 16.0 Å². The summed E-state index contributed by atoms with van der Waals surface area (Å²) in [6.07, 6.45) is 2.25. The van der Waals surface area contributed by atoms with Crippen LogP contribution in [0.3, 0.4) is 0 Å². The van der Waals surface area contributed by atoms with Gasteiger partial charge in [-0.1, -0.05) is 13.0 Å². The van der Waals surface area contributed by atoms with Crippen LogP contribution in [0.2, 0.25) is 0 Å². The summed E-state index contributed by atoms with van der Waals surface area (Å²) in [6.45, 7) is 1.69. The average molecular weight is 391 g/mol. The summed E-state index contributed by atoms with van der Waals surface area (Å²) >= 11 is 4.66. The van der Waals surface area contributed by atoms with E-state index in [1.165, 1.54) is 17.4 Å². The Morgan fingerprint density at radius 2 is 2.24 bits per heavy atom. The zero-order valence-corrected chi connectivity index (χ0v) is 14.5. The van der Waals surface area contributed by atoms with Crippen molar-refractivity contribution in [3.8, 4) is 0 Å². The topological polar surface area (TPSA) is 79.3 Å². The van der Waals surface area contributed by atoms with E-state index < -0.39 is 10.0 Å². The van der Waals surface area contributed by atoms with Crippen molar-refractivity contribution in [2.24, 2.45) is 0 Å². The van der Waals surface area contributed by atoms with Gasteiger partial charge in [0.25, 0.3) is 0 Å². The Labute approximate surface area is 136 Å². The number of halogens is 1. The maximum atomic E-state index is 12.5. The molecule has 8 heteroatoms. The van der Waals surface area contributed by atoms with Gasteiger partial charge in [-0.05, 0) is 40.0 Å². The highest BCUT2D eigenvalue weighted by atomic mass is 79.9. The number of aliphatic hydroxyl groups excluding tert-OH is 1. The summed E-state index contributed by atoms with van der Waals surface area (Å²) in [4.78, 5) is 4.28. The summed E-state index contributed by atoms with van der Waals surface area (Å²) < 4.78 is 28.2. The first-order valence-corrected chi connectivity index (χ1v) is 9.44. The number of aliphatic hydroxyl groups is 1. The minimum Gasteiger partial charge on any atom is -0.392 e. The lowest BCUT2D eigenvalue weighted by Crippen LogP contribution is -2.28. The highest BCUT2D eigenvalue weighted by molar-refractivity contribution is 9.10. The van der Waals surface area contributed by atoms with Crippen LogP contribution >= 0.6 is 27.3 Å². The fraction of sp³-hybridized carbons (Fsp3) is 0.308. The molecule has 1 heterocycles. The van der Waals surface area contributed by atoms with E-state index in [-0.39, 0.29) is 17.5 Å². The van der Waals surface area contributed by atoms with E-state index in [4.69, 9.17) is 5.11 Å². The number of hydrogen-bond donors (Lipinski definition) is 2. The third-order valence-corrected chi connectivity index (χ3v) is 6.28. The number of hydrogen-bond acceptors (Lipinski definition) is 5.